The van der Waals surface area contributed by atoms with Gasteiger partial charge >= 0.3 is 0 Å². The first kappa shape index (κ1) is 6.94. The van der Waals surface area contributed by atoms with E-state index in [0.717, 1.165) is 32.7 Å². The van der Waals surface area contributed by atoms with Crippen molar-refractivity contribution >= 4 is 0 Å². The SMILES string of the molecule is NN1C=C2CNCN2CCC1. The van der Waals surface area contributed by atoms with Crippen LogP contribution in [0.15, 0.2) is 11.9 Å². The molecule has 4 nitrogen and oxygen atoms in total. The molecule has 11 heavy (non-hydrogen) atoms. The number of nitrogens with one attached hydrogen (secondary N) is 1. The predicted molar refractivity (Wildman–Crippen MR) is 43.2 cm³/mol. The molecule has 62 valence electrons. The highest BCUT2D eigenvalue weighted by molar-refractivity contribution is 5.07. The monoisotopic (exact) mass is 154 g/mol. The quantitative estimate of drug-likeness (QED) is 0.451. The number of hydrogen-bond donors (Lipinski definition) is 2. The maximum atomic E-state index is 5.69. The van der Waals surface area contributed by atoms with Crippen LogP contribution in [0.25, 0.3) is 0 Å². The van der Waals surface area contributed by atoms with Crippen molar-refractivity contribution in [3.05, 3.63) is 11.9 Å². The Hall–Kier alpha value is -0.740. The number of rotatable bonds is 0. The van der Waals surface area contributed by atoms with Gasteiger partial charge in [-0.15, -0.1) is 0 Å². The Bertz CT molecular complexity index is 177. The molecule has 0 amide bonds. The van der Waals surface area contributed by atoms with Crippen molar-refractivity contribution in [2.24, 2.45) is 5.84 Å². The van der Waals surface area contributed by atoms with Crippen LogP contribution in [0.2, 0.25) is 0 Å². The van der Waals surface area contributed by atoms with E-state index < -0.39 is 0 Å². The number of nitrogens with zero attached hydrogens (tertiary/aromatic N) is 2. The highest BCUT2D eigenvalue weighted by Crippen LogP contribution is 2.12. The van der Waals surface area contributed by atoms with E-state index in [4.69, 9.17) is 5.84 Å². The lowest BCUT2D eigenvalue weighted by molar-refractivity contribution is 0.361. The highest BCUT2D eigenvalue weighted by atomic mass is 15.4. The second-order valence-corrected chi connectivity index (χ2v) is 3.06. The van der Waals surface area contributed by atoms with E-state index in [9.17, 15) is 0 Å². The second-order valence-electron chi connectivity index (χ2n) is 3.06. The molecule has 0 aliphatic carbocycles. The fraction of sp³-hybridized carbons (Fsp3) is 0.714. The predicted octanol–water partition coefficient (Wildman–Crippen LogP) is -0.730. The van der Waals surface area contributed by atoms with E-state index >= 15 is 0 Å². The average molecular weight is 154 g/mol. The van der Waals surface area contributed by atoms with Gasteiger partial charge in [0.05, 0.1) is 6.67 Å². The molecule has 0 aromatic carbocycles. The second kappa shape index (κ2) is 2.71. The van der Waals surface area contributed by atoms with Crippen LogP contribution in [-0.4, -0.2) is 36.2 Å². The van der Waals surface area contributed by atoms with Crippen LogP contribution in [-0.2, 0) is 0 Å². The highest BCUT2D eigenvalue weighted by Gasteiger charge is 2.18. The fourth-order valence-electron chi connectivity index (χ4n) is 1.58. The van der Waals surface area contributed by atoms with Gasteiger partial charge in [0.15, 0.2) is 0 Å². The number of fused-ring (bicyclic) bond motifs is 1. The van der Waals surface area contributed by atoms with Crippen LogP contribution in [0.4, 0.5) is 0 Å². The molecule has 4 heteroatoms. The lowest BCUT2D eigenvalue weighted by atomic mass is 10.4. The Morgan fingerprint density at radius 1 is 1.45 bits per heavy atom. The van der Waals surface area contributed by atoms with Gasteiger partial charge in [-0.2, -0.15) is 0 Å². The first-order valence-electron chi connectivity index (χ1n) is 4.04. The Morgan fingerprint density at radius 3 is 3.27 bits per heavy atom. The summed E-state index contributed by atoms with van der Waals surface area (Å²) in [6.07, 6.45) is 3.19. The number of hydrogen-bond acceptors (Lipinski definition) is 4. The molecule has 0 saturated carbocycles. The minimum atomic E-state index is 0.966. The molecule has 0 spiro atoms. The van der Waals surface area contributed by atoms with Crippen molar-refractivity contribution < 1.29 is 0 Å². The van der Waals surface area contributed by atoms with Crippen molar-refractivity contribution in [1.82, 2.24) is 15.2 Å². The van der Waals surface area contributed by atoms with E-state index in [2.05, 4.69) is 10.2 Å². The molecular formula is C7H14N4. The summed E-state index contributed by atoms with van der Waals surface area (Å²) in [7, 11) is 0. The van der Waals surface area contributed by atoms with Gasteiger partial charge in [0.25, 0.3) is 0 Å². The molecule has 0 unspecified atom stereocenters. The van der Waals surface area contributed by atoms with Gasteiger partial charge in [0.1, 0.15) is 0 Å². The number of nitrogens with two attached hydrogens (primary N) is 1. The third-order valence-corrected chi connectivity index (χ3v) is 2.17. The molecule has 1 fully saturated rings. The van der Waals surface area contributed by atoms with E-state index in [0.29, 0.717) is 0 Å². The van der Waals surface area contributed by atoms with Crippen molar-refractivity contribution in [2.75, 3.05) is 26.3 Å². The average Bonchev–Trinajstić information content (AvgIpc) is 2.31. The zero-order valence-corrected chi connectivity index (χ0v) is 6.58. The third-order valence-electron chi connectivity index (χ3n) is 2.17. The lowest BCUT2D eigenvalue weighted by Gasteiger charge is -2.14. The first-order valence-corrected chi connectivity index (χ1v) is 4.04. The Balaban J connectivity index is 2.13. The van der Waals surface area contributed by atoms with Crippen molar-refractivity contribution in [1.29, 1.82) is 0 Å². The van der Waals surface area contributed by atoms with Crippen LogP contribution in [0.1, 0.15) is 6.42 Å². The van der Waals surface area contributed by atoms with Crippen LogP contribution < -0.4 is 11.2 Å². The Kier molecular flexibility index (Phi) is 1.71. The van der Waals surface area contributed by atoms with Crippen LogP contribution in [0.3, 0.4) is 0 Å². The number of hydrazine groups is 1. The summed E-state index contributed by atoms with van der Waals surface area (Å²) < 4.78 is 0. The van der Waals surface area contributed by atoms with Crippen LogP contribution >= 0.6 is 0 Å². The minimum absolute atomic E-state index is 0.966. The zero-order valence-electron chi connectivity index (χ0n) is 6.58. The van der Waals surface area contributed by atoms with Gasteiger partial charge in [-0.25, -0.2) is 5.84 Å². The minimum Gasteiger partial charge on any atom is -0.360 e. The summed E-state index contributed by atoms with van der Waals surface area (Å²) in [5.74, 6) is 5.69. The molecule has 1 saturated heterocycles. The first-order chi connectivity index (χ1) is 5.36. The molecule has 2 rings (SSSR count). The van der Waals surface area contributed by atoms with Gasteiger partial charge < -0.3 is 9.91 Å². The van der Waals surface area contributed by atoms with E-state index in [1.807, 2.05) is 6.20 Å². The normalized spacial score (nSPS) is 24.6. The topological polar surface area (TPSA) is 44.5 Å². The van der Waals surface area contributed by atoms with Crippen molar-refractivity contribution in [2.45, 2.75) is 6.42 Å². The molecule has 0 atom stereocenters. The Morgan fingerprint density at radius 2 is 2.36 bits per heavy atom. The molecule has 2 aliphatic rings. The molecule has 0 radical (unpaired) electrons. The van der Waals surface area contributed by atoms with Gasteiger partial charge in [-0.05, 0) is 6.42 Å². The molecule has 0 bridgehead atoms. The van der Waals surface area contributed by atoms with E-state index in [-0.39, 0.29) is 0 Å². The maximum absolute atomic E-state index is 5.69. The summed E-state index contributed by atoms with van der Waals surface area (Å²) in [5.41, 5.74) is 1.32. The summed E-state index contributed by atoms with van der Waals surface area (Å²) in [5, 5.41) is 5.07. The molecule has 0 aromatic heterocycles. The van der Waals surface area contributed by atoms with Gasteiger partial charge in [0.2, 0.25) is 0 Å². The fourth-order valence-corrected chi connectivity index (χ4v) is 1.58. The molecule has 3 N–H and O–H groups in total. The van der Waals surface area contributed by atoms with Crippen LogP contribution in [0.5, 0.6) is 0 Å². The van der Waals surface area contributed by atoms with Crippen molar-refractivity contribution in [3.63, 3.8) is 0 Å². The third kappa shape index (κ3) is 1.32. The van der Waals surface area contributed by atoms with Gasteiger partial charge in [-0.1, -0.05) is 0 Å². The largest absolute Gasteiger partial charge is 0.360 e. The maximum Gasteiger partial charge on any atom is 0.0683 e. The van der Waals surface area contributed by atoms with Crippen LogP contribution in [0, 0.1) is 0 Å². The molecule has 0 aromatic rings. The summed E-state index contributed by atoms with van der Waals surface area (Å²) >= 11 is 0. The smallest absolute Gasteiger partial charge is 0.0683 e. The molecular weight excluding hydrogens is 140 g/mol. The van der Waals surface area contributed by atoms with E-state index in [1.54, 1.807) is 5.01 Å². The molecule has 2 aliphatic heterocycles. The Labute approximate surface area is 66.6 Å². The summed E-state index contributed by atoms with van der Waals surface area (Å²) in [6, 6.07) is 0. The standard InChI is InChI=1S/C7H14N4/c8-11-3-1-2-10-6-9-4-7(10)5-11/h5,9H,1-4,6,8H2. The van der Waals surface area contributed by atoms with Gasteiger partial charge in [0, 0.05) is 31.5 Å². The zero-order chi connectivity index (χ0) is 7.68. The van der Waals surface area contributed by atoms with E-state index in [1.165, 1.54) is 5.70 Å². The van der Waals surface area contributed by atoms with Gasteiger partial charge in [-0.3, -0.25) is 5.32 Å². The lowest BCUT2D eigenvalue weighted by Crippen LogP contribution is -2.26. The van der Waals surface area contributed by atoms with Crippen molar-refractivity contribution in [3.8, 4) is 0 Å². The molecule has 2 heterocycles. The summed E-state index contributed by atoms with van der Waals surface area (Å²) in [4.78, 5) is 2.34. The summed E-state index contributed by atoms with van der Waals surface area (Å²) in [6.45, 7) is 4.06.